The number of thiol groups is 1. The second-order valence-corrected chi connectivity index (χ2v) is 3.57. The van der Waals surface area contributed by atoms with Crippen LogP contribution in [0.4, 0.5) is 0 Å². The van der Waals surface area contributed by atoms with Gasteiger partial charge in [-0.15, -0.1) is 0 Å². The van der Waals surface area contributed by atoms with Gasteiger partial charge in [0.15, 0.2) is 0 Å². The molecule has 0 unspecified atom stereocenters. The molecule has 0 saturated carbocycles. The van der Waals surface area contributed by atoms with Gasteiger partial charge >= 0.3 is 0 Å². The van der Waals surface area contributed by atoms with Crippen LogP contribution in [0.3, 0.4) is 0 Å². The highest BCUT2D eigenvalue weighted by molar-refractivity contribution is 7.80. The summed E-state index contributed by atoms with van der Waals surface area (Å²) >= 11 is 4.11. The van der Waals surface area contributed by atoms with Crippen LogP contribution in [0, 0.1) is 0 Å². The summed E-state index contributed by atoms with van der Waals surface area (Å²) in [5.41, 5.74) is 0. The van der Waals surface area contributed by atoms with Crippen LogP contribution in [-0.4, -0.2) is 23.2 Å². The molecule has 0 rings (SSSR count). The molecule has 0 bridgehead atoms. The van der Waals surface area contributed by atoms with E-state index in [0.717, 1.165) is 31.4 Å². The van der Waals surface area contributed by atoms with Crippen molar-refractivity contribution in [2.75, 3.05) is 12.3 Å². The average molecular weight is 204 g/mol. The van der Waals surface area contributed by atoms with E-state index in [1.807, 2.05) is 6.92 Å². The summed E-state index contributed by atoms with van der Waals surface area (Å²) in [6.07, 6.45) is 4.59. The van der Waals surface area contributed by atoms with Crippen LogP contribution in [0.15, 0.2) is 0 Å². The van der Waals surface area contributed by atoms with E-state index in [2.05, 4.69) is 12.6 Å². The van der Waals surface area contributed by atoms with E-state index in [0.29, 0.717) is 13.0 Å². The summed E-state index contributed by atoms with van der Waals surface area (Å²) in [6.45, 7) is 2.65. The lowest BCUT2D eigenvalue weighted by atomic mass is 10.2. The van der Waals surface area contributed by atoms with Crippen LogP contribution >= 0.6 is 12.6 Å². The van der Waals surface area contributed by atoms with E-state index in [1.165, 1.54) is 5.01 Å². The summed E-state index contributed by atoms with van der Waals surface area (Å²) in [4.78, 5) is 11.2. The van der Waals surface area contributed by atoms with Crippen molar-refractivity contribution in [3.8, 4) is 0 Å². The Hall–Kier alpha value is -0.220. The third-order valence-corrected chi connectivity index (χ3v) is 2.16. The maximum absolute atomic E-state index is 11.2. The molecule has 0 aliphatic heterocycles. The van der Waals surface area contributed by atoms with E-state index in [1.54, 1.807) is 0 Å². The van der Waals surface area contributed by atoms with Crippen molar-refractivity contribution in [1.82, 2.24) is 5.01 Å². The number of carbonyl (C=O) groups excluding carboxylic acids is 1. The summed E-state index contributed by atoms with van der Waals surface area (Å²) in [5.74, 6) is 6.51. The maximum atomic E-state index is 11.2. The molecule has 0 heterocycles. The lowest BCUT2D eigenvalue weighted by Crippen LogP contribution is -2.37. The van der Waals surface area contributed by atoms with Crippen molar-refractivity contribution >= 4 is 18.5 Å². The smallest absolute Gasteiger partial charge is 0.236 e. The van der Waals surface area contributed by atoms with Crippen LogP contribution in [0.25, 0.3) is 0 Å². The average Bonchev–Trinajstić information content (AvgIpc) is 2.12. The van der Waals surface area contributed by atoms with Gasteiger partial charge in [-0.05, 0) is 25.0 Å². The van der Waals surface area contributed by atoms with E-state index < -0.39 is 0 Å². The molecule has 78 valence electrons. The molecule has 0 atom stereocenters. The Bertz CT molecular complexity index is 142. The summed E-state index contributed by atoms with van der Waals surface area (Å²) in [5, 5.41) is 1.34. The minimum atomic E-state index is 0.0494. The molecule has 0 fully saturated rings. The number of carbonyl (C=O) groups is 1. The Morgan fingerprint density at radius 3 is 2.62 bits per heavy atom. The Kier molecular flexibility index (Phi) is 8.24. The number of nitrogens with two attached hydrogens (primary N) is 1. The summed E-state index contributed by atoms with van der Waals surface area (Å²) in [6, 6.07) is 0. The lowest BCUT2D eigenvalue weighted by molar-refractivity contribution is -0.131. The highest BCUT2D eigenvalue weighted by Crippen LogP contribution is 1.99. The second-order valence-electron chi connectivity index (χ2n) is 3.12. The monoisotopic (exact) mass is 204 g/mol. The second kappa shape index (κ2) is 8.38. The minimum absolute atomic E-state index is 0.0494. The predicted molar refractivity (Wildman–Crippen MR) is 58.5 cm³/mol. The van der Waals surface area contributed by atoms with Crippen LogP contribution in [0.1, 0.15) is 39.0 Å². The molecule has 0 saturated heterocycles. The quantitative estimate of drug-likeness (QED) is 0.217. The minimum Gasteiger partial charge on any atom is -0.281 e. The summed E-state index contributed by atoms with van der Waals surface area (Å²) < 4.78 is 0. The Labute approximate surface area is 86.0 Å². The predicted octanol–water partition coefficient (Wildman–Crippen LogP) is 1.59. The standard InChI is InChI=1S/C9H20N2OS/c1-2-6-9(12)11(10)7-4-3-5-8-13/h13H,2-8,10H2,1H3. The van der Waals surface area contributed by atoms with Gasteiger partial charge in [0.1, 0.15) is 0 Å². The van der Waals surface area contributed by atoms with E-state index >= 15 is 0 Å². The molecule has 3 nitrogen and oxygen atoms in total. The zero-order valence-electron chi connectivity index (χ0n) is 8.33. The lowest BCUT2D eigenvalue weighted by Gasteiger charge is -2.15. The molecular formula is C9H20N2OS. The van der Waals surface area contributed by atoms with Crippen molar-refractivity contribution in [2.24, 2.45) is 5.84 Å². The first-order valence-electron chi connectivity index (χ1n) is 4.88. The van der Waals surface area contributed by atoms with Gasteiger partial charge in [-0.3, -0.25) is 9.80 Å². The highest BCUT2D eigenvalue weighted by Gasteiger charge is 2.06. The van der Waals surface area contributed by atoms with Gasteiger partial charge in [-0.2, -0.15) is 12.6 Å². The zero-order valence-corrected chi connectivity index (χ0v) is 9.22. The zero-order chi connectivity index (χ0) is 10.1. The fourth-order valence-electron chi connectivity index (χ4n) is 1.05. The first-order valence-corrected chi connectivity index (χ1v) is 5.51. The Morgan fingerprint density at radius 1 is 1.38 bits per heavy atom. The fraction of sp³-hybridized carbons (Fsp3) is 0.889. The molecule has 4 heteroatoms. The third-order valence-electron chi connectivity index (χ3n) is 1.84. The fourth-order valence-corrected chi connectivity index (χ4v) is 1.28. The molecule has 0 spiro atoms. The number of amides is 1. The Balaban J connectivity index is 3.38. The molecule has 1 amide bonds. The van der Waals surface area contributed by atoms with Crippen LogP contribution in [-0.2, 0) is 4.79 Å². The molecule has 0 aliphatic carbocycles. The van der Waals surface area contributed by atoms with E-state index in [4.69, 9.17) is 5.84 Å². The summed E-state index contributed by atoms with van der Waals surface area (Å²) in [7, 11) is 0. The van der Waals surface area contributed by atoms with Gasteiger partial charge in [-0.25, -0.2) is 5.84 Å². The first kappa shape index (κ1) is 12.8. The van der Waals surface area contributed by atoms with Gasteiger partial charge in [0.05, 0.1) is 0 Å². The van der Waals surface area contributed by atoms with E-state index in [-0.39, 0.29) is 5.91 Å². The third kappa shape index (κ3) is 6.90. The van der Waals surface area contributed by atoms with Crippen molar-refractivity contribution < 1.29 is 4.79 Å². The molecule has 0 radical (unpaired) electrons. The van der Waals surface area contributed by atoms with E-state index in [9.17, 15) is 4.79 Å². The molecule has 0 aromatic carbocycles. The van der Waals surface area contributed by atoms with Gasteiger partial charge in [0.25, 0.3) is 0 Å². The van der Waals surface area contributed by atoms with Gasteiger partial charge in [0, 0.05) is 13.0 Å². The van der Waals surface area contributed by atoms with Crippen molar-refractivity contribution in [3.05, 3.63) is 0 Å². The number of hydrogen-bond donors (Lipinski definition) is 2. The van der Waals surface area contributed by atoms with Crippen LogP contribution in [0.2, 0.25) is 0 Å². The molecule has 0 aliphatic rings. The molecule has 13 heavy (non-hydrogen) atoms. The number of hydrogen-bond acceptors (Lipinski definition) is 3. The van der Waals surface area contributed by atoms with Crippen molar-refractivity contribution in [1.29, 1.82) is 0 Å². The number of nitrogens with zero attached hydrogens (tertiary/aromatic N) is 1. The first-order chi connectivity index (χ1) is 6.22. The molecular weight excluding hydrogens is 184 g/mol. The van der Waals surface area contributed by atoms with Crippen LogP contribution in [0.5, 0.6) is 0 Å². The number of hydrazine groups is 1. The molecule has 0 aromatic heterocycles. The van der Waals surface area contributed by atoms with Crippen LogP contribution < -0.4 is 5.84 Å². The number of rotatable bonds is 7. The molecule has 0 aromatic rings. The topological polar surface area (TPSA) is 46.3 Å². The molecule has 2 N–H and O–H groups in total. The van der Waals surface area contributed by atoms with Gasteiger partial charge < -0.3 is 0 Å². The largest absolute Gasteiger partial charge is 0.281 e. The highest BCUT2D eigenvalue weighted by atomic mass is 32.1. The van der Waals surface area contributed by atoms with Gasteiger partial charge in [-0.1, -0.05) is 13.3 Å². The number of unbranched alkanes of at least 4 members (excludes halogenated alkanes) is 2. The van der Waals surface area contributed by atoms with Gasteiger partial charge in [0.2, 0.25) is 5.91 Å². The van der Waals surface area contributed by atoms with Crippen molar-refractivity contribution in [2.45, 2.75) is 39.0 Å². The SMILES string of the molecule is CCCC(=O)N(N)CCCCCS. The van der Waals surface area contributed by atoms with Crippen molar-refractivity contribution in [3.63, 3.8) is 0 Å². The Morgan fingerprint density at radius 2 is 2.08 bits per heavy atom. The maximum Gasteiger partial charge on any atom is 0.236 e. The normalized spacial score (nSPS) is 10.1.